The fourth-order valence-corrected chi connectivity index (χ4v) is 2.08. The van der Waals surface area contributed by atoms with Crippen molar-refractivity contribution in [1.82, 2.24) is 0 Å². The highest BCUT2D eigenvalue weighted by molar-refractivity contribution is 9.10. The van der Waals surface area contributed by atoms with Crippen LogP contribution in [0.4, 0.5) is 25.8 Å². The second kappa shape index (κ2) is 5.35. The monoisotopic (exact) mass is 346 g/mol. The van der Waals surface area contributed by atoms with Gasteiger partial charge in [-0.1, -0.05) is 11.6 Å². The number of nitrogens with two attached hydrogens (primary N) is 1. The summed E-state index contributed by atoms with van der Waals surface area (Å²) in [5.74, 6) is -1.12. The molecule has 0 saturated carbocycles. The van der Waals surface area contributed by atoms with E-state index in [0.29, 0.717) is 16.4 Å². The minimum atomic E-state index is -0.569. The van der Waals surface area contributed by atoms with E-state index < -0.39 is 11.6 Å². The summed E-state index contributed by atoms with van der Waals surface area (Å²) in [7, 11) is 0. The molecule has 100 valence electrons. The molecule has 0 atom stereocenters. The number of aryl methyl sites for hydroxylation is 1. The summed E-state index contributed by atoms with van der Waals surface area (Å²) in [4.78, 5) is 0. The lowest BCUT2D eigenvalue weighted by atomic mass is 10.1. The van der Waals surface area contributed by atoms with Gasteiger partial charge in [-0.05, 0) is 46.6 Å². The van der Waals surface area contributed by atoms with Crippen LogP contribution in [0.3, 0.4) is 0 Å². The van der Waals surface area contributed by atoms with Gasteiger partial charge < -0.3 is 11.1 Å². The van der Waals surface area contributed by atoms with Crippen LogP contribution in [-0.2, 0) is 0 Å². The van der Waals surface area contributed by atoms with Gasteiger partial charge in [0.2, 0.25) is 0 Å². The molecule has 0 spiro atoms. The first-order valence-electron chi connectivity index (χ1n) is 5.35. The van der Waals surface area contributed by atoms with E-state index in [1.54, 1.807) is 19.1 Å². The summed E-state index contributed by atoms with van der Waals surface area (Å²) in [6, 6.07) is 5.37. The van der Waals surface area contributed by atoms with Crippen molar-refractivity contribution in [2.75, 3.05) is 11.1 Å². The third-order valence-electron chi connectivity index (χ3n) is 2.62. The van der Waals surface area contributed by atoms with E-state index in [2.05, 4.69) is 21.2 Å². The van der Waals surface area contributed by atoms with Crippen LogP contribution < -0.4 is 11.1 Å². The topological polar surface area (TPSA) is 38.0 Å². The van der Waals surface area contributed by atoms with Crippen LogP contribution in [0.1, 0.15) is 5.56 Å². The Bertz CT molecular complexity index is 592. The standard InChI is InChI=1S/C13H10BrClF2N2/c1-6-2-11(18)8(15)4-12(6)19-13-5-9(16)7(14)3-10(13)17/h2-5,19H,18H2,1H3. The second-order valence-corrected chi connectivity index (χ2v) is 5.32. The van der Waals surface area contributed by atoms with Gasteiger partial charge in [-0.3, -0.25) is 0 Å². The molecule has 0 bridgehead atoms. The molecule has 3 N–H and O–H groups in total. The Kier molecular flexibility index (Phi) is 3.96. The van der Waals surface area contributed by atoms with E-state index in [0.717, 1.165) is 17.7 Å². The molecular formula is C13H10BrClF2N2. The van der Waals surface area contributed by atoms with E-state index in [1.165, 1.54) is 0 Å². The molecule has 0 aliphatic heterocycles. The molecule has 0 aliphatic carbocycles. The van der Waals surface area contributed by atoms with Gasteiger partial charge >= 0.3 is 0 Å². The summed E-state index contributed by atoms with van der Waals surface area (Å²) in [5.41, 5.74) is 7.48. The fourth-order valence-electron chi connectivity index (χ4n) is 1.60. The highest BCUT2D eigenvalue weighted by Gasteiger charge is 2.10. The Morgan fingerprint density at radius 2 is 1.79 bits per heavy atom. The predicted octanol–water partition coefficient (Wildman–Crippen LogP) is 5.01. The molecule has 2 nitrogen and oxygen atoms in total. The van der Waals surface area contributed by atoms with Crippen LogP contribution in [0.15, 0.2) is 28.7 Å². The van der Waals surface area contributed by atoms with Crippen LogP contribution in [-0.4, -0.2) is 0 Å². The zero-order chi connectivity index (χ0) is 14.2. The molecule has 0 heterocycles. The summed E-state index contributed by atoms with van der Waals surface area (Å²) >= 11 is 8.83. The lowest BCUT2D eigenvalue weighted by Gasteiger charge is -2.12. The lowest BCUT2D eigenvalue weighted by molar-refractivity contribution is 0.598. The summed E-state index contributed by atoms with van der Waals surface area (Å²) in [6.07, 6.45) is 0. The molecule has 0 radical (unpaired) electrons. The first-order chi connectivity index (χ1) is 8.88. The first kappa shape index (κ1) is 14.1. The van der Waals surface area contributed by atoms with E-state index in [-0.39, 0.29) is 10.2 Å². The molecule has 0 aliphatic rings. The Morgan fingerprint density at radius 1 is 1.11 bits per heavy atom. The highest BCUT2D eigenvalue weighted by Crippen LogP contribution is 2.31. The minimum absolute atomic E-state index is 0.0321. The van der Waals surface area contributed by atoms with Gasteiger partial charge in [0.1, 0.15) is 11.6 Å². The van der Waals surface area contributed by atoms with Crippen LogP contribution in [0.2, 0.25) is 5.02 Å². The molecule has 0 saturated heterocycles. The number of anilines is 3. The van der Waals surface area contributed by atoms with Gasteiger partial charge in [0.25, 0.3) is 0 Å². The third-order valence-corrected chi connectivity index (χ3v) is 3.56. The number of nitrogen functional groups attached to an aromatic ring is 1. The van der Waals surface area contributed by atoms with Gasteiger partial charge in [0, 0.05) is 11.8 Å². The molecule has 6 heteroatoms. The van der Waals surface area contributed by atoms with Gasteiger partial charge in [-0.15, -0.1) is 0 Å². The van der Waals surface area contributed by atoms with Crippen molar-refractivity contribution in [2.45, 2.75) is 6.92 Å². The van der Waals surface area contributed by atoms with Crippen LogP contribution in [0.25, 0.3) is 0 Å². The molecule has 19 heavy (non-hydrogen) atoms. The SMILES string of the molecule is Cc1cc(N)c(Cl)cc1Nc1cc(F)c(Br)cc1F. The summed E-state index contributed by atoms with van der Waals surface area (Å²) in [5, 5.41) is 3.15. The maximum Gasteiger partial charge on any atom is 0.147 e. The van der Waals surface area contributed by atoms with Crippen molar-refractivity contribution < 1.29 is 8.78 Å². The summed E-state index contributed by atoms with van der Waals surface area (Å²) < 4.78 is 27.2. The lowest BCUT2D eigenvalue weighted by Crippen LogP contribution is -1.99. The molecule has 2 aromatic rings. The Labute approximate surface area is 122 Å². The average molecular weight is 348 g/mol. The van der Waals surface area contributed by atoms with Crippen molar-refractivity contribution in [3.8, 4) is 0 Å². The fraction of sp³-hybridized carbons (Fsp3) is 0.0769. The van der Waals surface area contributed by atoms with Crippen molar-refractivity contribution in [3.05, 3.63) is 51.0 Å². The molecule has 0 fully saturated rings. The van der Waals surface area contributed by atoms with E-state index >= 15 is 0 Å². The maximum atomic E-state index is 13.7. The smallest absolute Gasteiger partial charge is 0.147 e. The van der Waals surface area contributed by atoms with Gasteiger partial charge in [-0.2, -0.15) is 0 Å². The van der Waals surface area contributed by atoms with E-state index in [1.807, 2.05) is 0 Å². The average Bonchev–Trinajstić information content (AvgIpc) is 2.32. The van der Waals surface area contributed by atoms with Crippen LogP contribution >= 0.6 is 27.5 Å². The minimum Gasteiger partial charge on any atom is -0.398 e. The normalized spacial score (nSPS) is 10.6. The third kappa shape index (κ3) is 2.98. The van der Waals surface area contributed by atoms with Crippen molar-refractivity contribution >= 4 is 44.6 Å². The van der Waals surface area contributed by atoms with Crippen molar-refractivity contribution in [1.29, 1.82) is 0 Å². The number of benzene rings is 2. The van der Waals surface area contributed by atoms with Crippen molar-refractivity contribution in [3.63, 3.8) is 0 Å². The largest absolute Gasteiger partial charge is 0.398 e. The van der Waals surface area contributed by atoms with Crippen LogP contribution in [0, 0.1) is 18.6 Å². The number of rotatable bonds is 2. The molecule has 0 unspecified atom stereocenters. The Balaban J connectivity index is 2.42. The predicted molar refractivity (Wildman–Crippen MR) is 77.9 cm³/mol. The zero-order valence-electron chi connectivity index (χ0n) is 9.90. The second-order valence-electron chi connectivity index (χ2n) is 4.06. The van der Waals surface area contributed by atoms with Crippen molar-refractivity contribution in [2.24, 2.45) is 0 Å². The molecule has 2 rings (SSSR count). The quantitative estimate of drug-likeness (QED) is 0.591. The number of hydrogen-bond acceptors (Lipinski definition) is 2. The molecule has 2 aromatic carbocycles. The van der Waals surface area contributed by atoms with E-state index in [4.69, 9.17) is 17.3 Å². The van der Waals surface area contributed by atoms with Crippen LogP contribution in [0.5, 0.6) is 0 Å². The number of halogens is 4. The first-order valence-corrected chi connectivity index (χ1v) is 6.52. The summed E-state index contributed by atoms with van der Waals surface area (Å²) in [6.45, 7) is 1.79. The zero-order valence-corrected chi connectivity index (χ0v) is 12.2. The number of hydrogen-bond donors (Lipinski definition) is 2. The highest BCUT2D eigenvalue weighted by atomic mass is 79.9. The van der Waals surface area contributed by atoms with Gasteiger partial charge in [-0.25, -0.2) is 8.78 Å². The molecular weight excluding hydrogens is 338 g/mol. The number of nitrogens with one attached hydrogen (secondary N) is 1. The van der Waals surface area contributed by atoms with Gasteiger partial charge in [0.05, 0.1) is 20.9 Å². The molecule has 0 aromatic heterocycles. The molecule has 0 amide bonds. The van der Waals surface area contributed by atoms with E-state index in [9.17, 15) is 8.78 Å². The van der Waals surface area contributed by atoms with Gasteiger partial charge in [0.15, 0.2) is 0 Å². The Hall–Kier alpha value is -1.33. The Morgan fingerprint density at radius 3 is 2.47 bits per heavy atom. The maximum absolute atomic E-state index is 13.7.